The summed E-state index contributed by atoms with van der Waals surface area (Å²) in [6.07, 6.45) is 4.33. The van der Waals surface area contributed by atoms with Gasteiger partial charge >= 0.3 is 0 Å². The minimum Gasteiger partial charge on any atom is -0.347 e. The number of hydrogen-bond donors (Lipinski definition) is 0. The molecule has 6 heteroatoms. The first kappa shape index (κ1) is 32.3. The van der Waals surface area contributed by atoms with Gasteiger partial charge in [0.05, 0.1) is 22.4 Å². The summed E-state index contributed by atoms with van der Waals surface area (Å²) in [6, 6.07) is 5.84. The van der Waals surface area contributed by atoms with Crippen LogP contribution in [0.4, 0.5) is 0 Å². The molecule has 0 aromatic carbocycles. The Hall–Kier alpha value is 0.274. The Labute approximate surface area is 205 Å². The molecule has 0 fully saturated rings. The van der Waals surface area contributed by atoms with E-state index in [0.29, 0.717) is 0 Å². The van der Waals surface area contributed by atoms with Gasteiger partial charge in [-0.25, -0.2) is 0 Å². The van der Waals surface area contributed by atoms with Crippen LogP contribution in [0.1, 0.15) is 109 Å². The molecule has 0 spiro atoms. The van der Waals surface area contributed by atoms with Crippen molar-refractivity contribution in [1.29, 1.82) is 0 Å². The molecule has 0 aliphatic rings. The van der Waals surface area contributed by atoms with Crippen LogP contribution in [0.3, 0.4) is 0 Å². The van der Waals surface area contributed by atoms with E-state index in [1.165, 1.54) is 37.0 Å². The molecule has 0 aliphatic heterocycles. The molecule has 0 radical (unpaired) electrons. The summed E-state index contributed by atoms with van der Waals surface area (Å²) >= 11 is 0. The summed E-state index contributed by atoms with van der Waals surface area (Å²) < 4.78 is 24.6. The first-order valence-electron chi connectivity index (χ1n) is 13.1. The summed E-state index contributed by atoms with van der Waals surface area (Å²) in [5.41, 5.74) is -0.636. The summed E-state index contributed by atoms with van der Waals surface area (Å²) in [5.74, 6) is 0. The van der Waals surface area contributed by atoms with Crippen LogP contribution in [0.15, 0.2) is 0 Å². The smallest absolute Gasteiger partial charge is 0.158 e. The fraction of sp³-hybridized carbons (Fsp3) is 1.00. The van der Waals surface area contributed by atoms with Crippen molar-refractivity contribution >= 4 is 19.0 Å². The Bertz CT molecular complexity index is 394. The Kier molecular flexibility index (Phi) is 14.7. The lowest BCUT2D eigenvalue weighted by atomic mass is 10.1. The maximum Gasteiger partial charge on any atom is 0.158 e. The molecule has 0 aliphatic carbocycles. The summed E-state index contributed by atoms with van der Waals surface area (Å²) in [7, 11) is 0.126. The zero-order valence-corrected chi connectivity index (χ0v) is 26.7. The lowest BCUT2D eigenvalue weighted by Gasteiger charge is -2.32. The van der Waals surface area contributed by atoms with Gasteiger partial charge in [-0.05, 0) is 95.9 Å². The van der Waals surface area contributed by atoms with Gasteiger partial charge < -0.3 is 18.9 Å². The van der Waals surface area contributed by atoms with Gasteiger partial charge in [-0.1, -0.05) is 37.0 Å². The molecule has 0 bridgehead atoms. The van der Waals surface area contributed by atoms with Crippen molar-refractivity contribution in [2.75, 3.05) is 0 Å². The van der Waals surface area contributed by atoms with E-state index in [0.717, 1.165) is 12.8 Å². The largest absolute Gasteiger partial charge is 0.347 e. The zero-order valence-electron chi connectivity index (χ0n) is 23.9. The molecule has 0 aromatic heterocycles. The van der Waals surface area contributed by atoms with Gasteiger partial charge in [-0.2, -0.15) is 0 Å². The SMILES string of the molecule is CC(C)(C)OC(CCC[SiH2]CC[SiH2]CCCC(OC(C)(C)C)OC(C)(C)C)OC(C)(C)C. The van der Waals surface area contributed by atoms with Crippen molar-refractivity contribution in [2.24, 2.45) is 0 Å². The standard InChI is InChI=1S/C26H58O4Si2/c1-23(2,3)27-21(28-24(4,5)6)15-13-17-31-19-20-32-18-14-16-22(29-25(7,8)9)30-26(10,11)12/h21-22H,13-20,31-32H2,1-12H3. The average Bonchev–Trinajstić information content (AvgIpc) is 2.50. The predicted molar refractivity (Wildman–Crippen MR) is 146 cm³/mol. The third kappa shape index (κ3) is 23.4. The number of hydrogen-bond acceptors (Lipinski definition) is 4. The van der Waals surface area contributed by atoms with Crippen LogP contribution in [0.25, 0.3) is 0 Å². The van der Waals surface area contributed by atoms with Gasteiger partial charge in [0.15, 0.2) is 12.6 Å². The van der Waals surface area contributed by atoms with Gasteiger partial charge in [0.2, 0.25) is 0 Å². The minimum absolute atomic E-state index is 0.0629. The van der Waals surface area contributed by atoms with Crippen molar-refractivity contribution in [3.8, 4) is 0 Å². The highest BCUT2D eigenvalue weighted by molar-refractivity contribution is 6.42. The lowest BCUT2D eigenvalue weighted by Crippen LogP contribution is -2.35. The van der Waals surface area contributed by atoms with Crippen LogP contribution in [-0.4, -0.2) is 54.0 Å². The molecule has 0 saturated carbocycles. The second-order valence-corrected chi connectivity index (χ2v) is 17.4. The Balaban J connectivity index is 3.99. The topological polar surface area (TPSA) is 36.9 Å². The van der Waals surface area contributed by atoms with Crippen molar-refractivity contribution < 1.29 is 18.9 Å². The van der Waals surface area contributed by atoms with Crippen molar-refractivity contribution in [1.82, 2.24) is 0 Å². The third-order valence-corrected chi connectivity index (χ3v) is 9.57. The average molecular weight is 491 g/mol. The van der Waals surface area contributed by atoms with Crippen LogP contribution < -0.4 is 0 Å². The lowest BCUT2D eigenvalue weighted by molar-refractivity contribution is -0.236. The van der Waals surface area contributed by atoms with Crippen LogP contribution in [0.2, 0.25) is 24.2 Å². The normalized spacial score (nSPS) is 14.8. The molecular formula is C26H58O4Si2. The Morgan fingerprint density at radius 3 is 0.906 bits per heavy atom. The van der Waals surface area contributed by atoms with E-state index < -0.39 is 0 Å². The molecule has 32 heavy (non-hydrogen) atoms. The highest BCUT2D eigenvalue weighted by atomic mass is 28.2. The number of ether oxygens (including phenoxy) is 4. The fourth-order valence-corrected chi connectivity index (χ4v) is 8.36. The van der Waals surface area contributed by atoms with E-state index in [-0.39, 0.29) is 54.0 Å². The van der Waals surface area contributed by atoms with E-state index >= 15 is 0 Å². The van der Waals surface area contributed by atoms with Crippen molar-refractivity contribution in [3.63, 3.8) is 0 Å². The van der Waals surface area contributed by atoms with Crippen LogP contribution in [0, 0.1) is 0 Å². The van der Waals surface area contributed by atoms with Crippen molar-refractivity contribution in [3.05, 3.63) is 0 Å². The summed E-state index contributed by atoms with van der Waals surface area (Å²) in [4.78, 5) is 0. The van der Waals surface area contributed by atoms with E-state index in [9.17, 15) is 0 Å². The fourth-order valence-electron chi connectivity index (χ4n) is 3.54. The van der Waals surface area contributed by atoms with Crippen LogP contribution >= 0.6 is 0 Å². The van der Waals surface area contributed by atoms with E-state index in [2.05, 4.69) is 83.1 Å². The Morgan fingerprint density at radius 1 is 0.438 bits per heavy atom. The first-order chi connectivity index (χ1) is 14.4. The molecule has 0 atom stereocenters. The van der Waals surface area contributed by atoms with Crippen LogP contribution in [0.5, 0.6) is 0 Å². The molecule has 194 valence electrons. The molecule has 0 rings (SSSR count). The van der Waals surface area contributed by atoms with E-state index in [4.69, 9.17) is 18.9 Å². The van der Waals surface area contributed by atoms with Gasteiger partial charge in [0.25, 0.3) is 0 Å². The second-order valence-electron chi connectivity index (χ2n) is 13.2. The van der Waals surface area contributed by atoms with E-state index in [1.54, 1.807) is 0 Å². The molecule has 0 unspecified atom stereocenters. The summed E-state index contributed by atoms with van der Waals surface area (Å²) in [6.45, 7) is 25.3. The second kappa shape index (κ2) is 14.6. The maximum atomic E-state index is 6.15. The molecule has 0 saturated heterocycles. The first-order valence-corrected chi connectivity index (χ1v) is 17.1. The molecule has 0 N–H and O–H groups in total. The molecule has 0 heterocycles. The highest BCUT2D eigenvalue weighted by Crippen LogP contribution is 2.23. The predicted octanol–water partition coefficient (Wildman–Crippen LogP) is 6.47. The zero-order chi connectivity index (χ0) is 25.1. The Morgan fingerprint density at radius 2 is 0.688 bits per heavy atom. The van der Waals surface area contributed by atoms with Crippen molar-refractivity contribution in [2.45, 2.75) is 168 Å². The molecule has 0 aromatic rings. The molecule has 0 amide bonds. The monoisotopic (exact) mass is 490 g/mol. The number of rotatable bonds is 15. The van der Waals surface area contributed by atoms with E-state index in [1.807, 2.05) is 0 Å². The summed E-state index contributed by atoms with van der Waals surface area (Å²) in [5, 5.41) is 0. The maximum absolute atomic E-state index is 6.15. The van der Waals surface area contributed by atoms with Gasteiger partial charge in [0, 0.05) is 19.0 Å². The molecular weight excluding hydrogens is 432 g/mol. The van der Waals surface area contributed by atoms with Gasteiger partial charge in [-0.15, -0.1) is 0 Å². The minimum atomic E-state index is -0.159. The highest BCUT2D eigenvalue weighted by Gasteiger charge is 2.25. The van der Waals surface area contributed by atoms with Gasteiger partial charge in [0.1, 0.15) is 0 Å². The third-order valence-electron chi connectivity index (χ3n) is 4.57. The van der Waals surface area contributed by atoms with Gasteiger partial charge in [-0.3, -0.25) is 0 Å². The molecule has 4 nitrogen and oxygen atoms in total. The van der Waals surface area contributed by atoms with Crippen LogP contribution in [-0.2, 0) is 18.9 Å². The quantitative estimate of drug-likeness (QED) is 0.150.